The highest BCUT2D eigenvalue weighted by Gasteiger charge is 2.41. The molecule has 152 valence electrons. The van der Waals surface area contributed by atoms with E-state index in [0.717, 1.165) is 15.2 Å². The van der Waals surface area contributed by atoms with E-state index in [1.54, 1.807) is 4.90 Å². The van der Waals surface area contributed by atoms with Gasteiger partial charge in [-0.05, 0) is 18.1 Å². The van der Waals surface area contributed by atoms with Gasteiger partial charge in [-0.15, -0.1) is 16.4 Å². The number of primary amides is 1. The van der Waals surface area contributed by atoms with Gasteiger partial charge >= 0.3 is 0 Å². The molecule has 1 aliphatic rings. The molecule has 1 aromatic carbocycles. The molecular formula is C19H22N6O3S. The largest absolute Gasteiger partial charge is 0.391 e. The number of amides is 2. The number of nitrogens with two attached hydrogens (primary N) is 1. The fraction of sp³-hybridized carbons (Fsp3) is 0.421. The van der Waals surface area contributed by atoms with E-state index in [9.17, 15) is 14.7 Å². The summed E-state index contributed by atoms with van der Waals surface area (Å²) in [5.41, 5.74) is 6.15. The Morgan fingerprint density at radius 1 is 1.31 bits per heavy atom. The second-order valence-corrected chi connectivity index (χ2v) is 8.61. The number of aliphatic hydroxyl groups is 1. The Balaban J connectivity index is 1.67. The summed E-state index contributed by atoms with van der Waals surface area (Å²) in [4.78, 5) is 31.2. The van der Waals surface area contributed by atoms with Crippen LogP contribution >= 0.6 is 11.3 Å². The fourth-order valence-corrected chi connectivity index (χ4v) is 4.82. The molecule has 4 rings (SSSR count). The van der Waals surface area contributed by atoms with Gasteiger partial charge in [0.2, 0.25) is 5.91 Å². The molecule has 3 atom stereocenters. The number of benzene rings is 1. The molecule has 1 aliphatic heterocycles. The summed E-state index contributed by atoms with van der Waals surface area (Å²) in [6.45, 7) is 4.01. The minimum atomic E-state index is -0.699. The van der Waals surface area contributed by atoms with Crippen LogP contribution in [0.4, 0.5) is 0 Å². The van der Waals surface area contributed by atoms with Gasteiger partial charge in [0.15, 0.2) is 5.69 Å². The molecule has 9 nitrogen and oxygen atoms in total. The van der Waals surface area contributed by atoms with E-state index in [0.29, 0.717) is 6.42 Å². The number of β-amino-alcohol motifs (C(OH)–C–C–N with tert-alkyl or cyclic N) is 1. The van der Waals surface area contributed by atoms with E-state index in [4.69, 9.17) is 5.73 Å². The predicted molar refractivity (Wildman–Crippen MR) is 107 cm³/mol. The van der Waals surface area contributed by atoms with Gasteiger partial charge in [0.1, 0.15) is 11.0 Å². The summed E-state index contributed by atoms with van der Waals surface area (Å²) in [5.74, 6) is -1.00. The number of hydrogen-bond donors (Lipinski definition) is 2. The van der Waals surface area contributed by atoms with Gasteiger partial charge in [0.05, 0.1) is 28.6 Å². The number of aliphatic hydroxyl groups excluding tert-OH is 1. The molecule has 1 saturated heterocycles. The van der Waals surface area contributed by atoms with Crippen molar-refractivity contribution in [1.82, 2.24) is 24.9 Å². The lowest BCUT2D eigenvalue weighted by atomic mass is 10.0. The van der Waals surface area contributed by atoms with E-state index in [2.05, 4.69) is 15.3 Å². The average Bonchev–Trinajstić information content (AvgIpc) is 3.38. The number of carbonyl (C=O) groups is 2. The minimum absolute atomic E-state index is 0.00706. The highest BCUT2D eigenvalue weighted by atomic mass is 32.1. The van der Waals surface area contributed by atoms with Crippen molar-refractivity contribution in [1.29, 1.82) is 0 Å². The molecule has 1 fully saturated rings. The maximum absolute atomic E-state index is 13.5. The third-order valence-corrected chi connectivity index (χ3v) is 6.23. The molecular weight excluding hydrogens is 392 g/mol. The Bertz CT molecular complexity index is 1030. The number of nitrogens with zero attached hydrogens (tertiary/aromatic N) is 5. The predicted octanol–water partition coefficient (Wildman–Crippen LogP) is 1.52. The first-order valence-electron chi connectivity index (χ1n) is 9.40. The Hall–Kier alpha value is -2.85. The zero-order chi connectivity index (χ0) is 20.7. The van der Waals surface area contributed by atoms with Gasteiger partial charge in [-0.25, -0.2) is 9.67 Å². The number of para-hydroxylation sites is 1. The number of likely N-dealkylation sites (tertiary alicyclic amines) is 1. The van der Waals surface area contributed by atoms with Gasteiger partial charge < -0.3 is 15.7 Å². The zero-order valence-electron chi connectivity index (χ0n) is 16.1. The van der Waals surface area contributed by atoms with Gasteiger partial charge in [0.25, 0.3) is 5.91 Å². The molecule has 2 amide bonds. The quantitative estimate of drug-likeness (QED) is 0.652. The van der Waals surface area contributed by atoms with Crippen LogP contribution < -0.4 is 5.73 Å². The van der Waals surface area contributed by atoms with E-state index in [1.165, 1.54) is 22.2 Å². The summed E-state index contributed by atoms with van der Waals surface area (Å²) in [6.07, 6.45) is 1.20. The molecule has 3 N–H and O–H groups in total. The normalized spacial score (nSPS) is 20.5. The molecule has 0 saturated carbocycles. The first-order valence-corrected chi connectivity index (χ1v) is 10.2. The highest BCUT2D eigenvalue weighted by molar-refractivity contribution is 7.18. The third kappa shape index (κ3) is 3.60. The van der Waals surface area contributed by atoms with Crippen LogP contribution in [0.25, 0.3) is 10.2 Å². The maximum atomic E-state index is 13.5. The van der Waals surface area contributed by atoms with Crippen molar-refractivity contribution < 1.29 is 14.7 Å². The van der Waals surface area contributed by atoms with Crippen LogP contribution in [0.5, 0.6) is 0 Å². The van der Waals surface area contributed by atoms with Crippen molar-refractivity contribution in [3.05, 3.63) is 41.2 Å². The topological polar surface area (TPSA) is 127 Å². The number of hydrogen-bond acceptors (Lipinski definition) is 7. The van der Waals surface area contributed by atoms with Crippen molar-refractivity contribution in [2.24, 2.45) is 11.7 Å². The number of carbonyl (C=O) groups excluding carboxylic acids is 2. The van der Waals surface area contributed by atoms with E-state index < -0.39 is 18.1 Å². The smallest absolute Gasteiger partial charge is 0.270 e. The molecule has 3 aromatic rings. The SMILES string of the molecule is CC(C)[C@@H](C(=O)N1C[C@H](O)C[C@H]1c1nc2ccccc2s1)n1cc(C(N)=O)nn1. The summed E-state index contributed by atoms with van der Waals surface area (Å²) in [6, 6.07) is 6.82. The minimum Gasteiger partial charge on any atom is -0.391 e. The third-order valence-electron chi connectivity index (χ3n) is 5.09. The molecule has 0 unspecified atom stereocenters. The number of aromatic nitrogens is 4. The van der Waals surface area contributed by atoms with Crippen LogP contribution in [-0.4, -0.2) is 54.4 Å². The van der Waals surface area contributed by atoms with Crippen LogP contribution in [0.1, 0.15) is 47.8 Å². The average molecular weight is 414 g/mol. The van der Waals surface area contributed by atoms with Crippen molar-refractivity contribution in [3.63, 3.8) is 0 Å². The van der Waals surface area contributed by atoms with Crippen molar-refractivity contribution in [2.45, 2.75) is 38.5 Å². The fourth-order valence-electron chi connectivity index (χ4n) is 3.72. The van der Waals surface area contributed by atoms with Crippen LogP contribution in [0.15, 0.2) is 30.5 Å². The van der Waals surface area contributed by atoms with E-state index in [1.807, 2.05) is 38.1 Å². The van der Waals surface area contributed by atoms with Crippen molar-refractivity contribution in [2.75, 3.05) is 6.54 Å². The standard InChI is InChI=1S/C19H22N6O3S/c1-10(2)16(25-9-13(17(20)27)22-23-25)19(28)24-8-11(26)7-14(24)18-21-12-5-3-4-6-15(12)29-18/h3-6,9-11,14,16,26H,7-8H2,1-2H3,(H2,20,27)/t11-,14+,16+/m1/s1. The highest BCUT2D eigenvalue weighted by Crippen LogP contribution is 2.38. The lowest BCUT2D eigenvalue weighted by Crippen LogP contribution is -2.40. The number of thiazole rings is 1. The Kier molecular flexibility index (Phi) is 5.05. The molecule has 0 bridgehead atoms. The van der Waals surface area contributed by atoms with Crippen molar-refractivity contribution in [3.8, 4) is 0 Å². The lowest BCUT2D eigenvalue weighted by molar-refractivity contribution is -0.137. The van der Waals surface area contributed by atoms with Gasteiger partial charge in [-0.3, -0.25) is 9.59 Å². The van der Waals surface area contributed by atoms with Crippen LogP contribution in [-0.2, 0) is 4.79 Å². The van der Waals surface area contributed by atoms with Crippen molar-refractivity contribution >= 4 is 33.4 Å². The van der Waals surface area contributed by atoms with E-state index in [-0.39, 0.29) is 30.1 Å². The molecule has 3 heterocycles. The second-order valence-electron chi connectivity index (χ2n) is 7.55. The van der Waals surface area contributed by atoms with E-state index >= 15 is 0 Å². The first kappa shape index (κ1) is 19.5. The van der Waals surface area contributed by atoms with Gasteiger partial charge in [-0.2, -0.15) is 0 Å². The molecule has 0 aliphatic carbocycles. The Labute approximate surface area is 171 Å². The van der Waals surface area contributed by atoms with Crippen LogP contribution in [0.3, 0.4) is 0 Å². The maximum Gasteiger partial charge on any atom is 0.270 e. The summed E-state index contributed by atoms with van der Waals surface area (Å²) < 4.78 is 2.42. The lowest BCUT2D eigenvalue weighted by Gasteiger charge is -2.29. The van der Waals surface area contributed by atoms with Crippen LogP contribution in [0, 0.1) is 5.92 Å². The first-order chi connectivity index (χ1) is 13.8. The monoisotopic (exact) mass is 414 g/mol. The second kappa shape index (κ2) is 7.53. The summed E-state index contributed by atoms with van der Waals surface area (Å²) >= 11 is 1.53. The molecule has 0 spiro atoms. The molecule has 29 heavy (non-hydrogen) atoms. The number of rotatable bonds is 5. The Morgan fingerprint density at radius 2 is 2.07 bits per heavy atom. The summed E-state index contributed by atoms with van der Waals surface area (Å²) in [5, 5.41) is 18.8. The zero-order valence-corrected chi connectivity index (χ0v) is 16.9. The van der Waals surface area contributed by atoms with Gasteiger partial charge in [-0.1, -0.05) is 31.2 Å². The molecule has 0 radical (unpaired) electrons. The van der Waals surface area contributed by atoms with Crippen LogP contribution in [0.2, 0.25) is 0 Å². The summed E-state index contributed by atoms with van der Waals surface area (Å²) in [7, 11) is 0. The Morgan fingerprint density at radius 3 is 2.72 bits per heavy atom. The van der Waals surface area contributed by atoms with Gasteiger partial charge in [0, 0.05) is 13.0 Å². The molecule has 2 aromatic heterocycles. The molecule has 10 heteroatoms. The number of fused-ring (bicyclic) bond motifs is 1.